The highest BCUT2D eigenvalue weighted by Crippen LogP contribution is 2.32. The van der Waals surface area contributed by atoms with Gasteiger partial charge < -0.3 is 10.1 Å². The zero-order valence-corrected chi connectivity index (χ0v) is 15.1. The van der Waals surface area contributed by atoms with Crippen molar-refractivity contribution in [1.29, 1.82) is 0 Å². The Bertz CT molecular complexity index is 954. The highest BCUT2D eigenvalue weighted by Gasteiger charge is 2.18. The summed E-state index contributed by atoms with van der Waals surface area (Å²) in [5, 5.41) is 4.81. The molecule has 0 aliphatic heterocycles. The van der Waals surface area contributed by atoms with Crippen LogP contribution in [0.25, 0.3) is 10.9 Å². The molecule has 0 saturated carbocycles. The summed E-state index contributed by atoms with van der Waals surface area (Å²) < 4.78 is 5.19. The lowest BCUT2D eigenvalue weighted by atomic mass is 10.1. The number of nitrogens with zero attached hydrogens (tertiary/aromatic N) is 1. The van der Waals surface area contributed by atoms with Gasteiger partial charge in [-0.25, -0.2) is 4.79 Å². The van der Waals surface area contributed by atoms with E-state index in [2.05, 4.69) is 23.3 Å². The van der Waals surface area contributed by atoms with E-state index in [-0.39, 0.29) is 0 Å². The van der Waals surface area contributed by atoms with Gasteiger partial charge in [-0.1, -0.05) is 23.7 Å². The van der Waals surface area contributed by atoms with E-state index in [1.807, 2.05) is 25.1 Å². The van der Waals surface area contributed by atoms with Crippen molar-refractivity contribution in [1.82, 2.24) is 4.98 Å². The fourth-order valence-electron chi connectivity index (χ4n) is 2.69. The van der Waals surface area contributed by atoms with E-state index in [4.69, 9.17) is 16.3 Å². The minimum Gasteiger partial charge on any atom is -0.462 e. The van der Waals surface area contributed by atoms with Gasteiger partial charge in [0.1, 0.15) is 5.56 Å². The number of ether oxygens (including phenoxy) is 1. The first-order valence-electron chi connectivity index (χ1n) is 8.10. The van der Waals surface area contributed by atoms with Crippen LogP contribution in [-0.4, -0.2) is 17.6 Å². The summed E-state index contributed by atoms with van der Waals surface area (Å²) in [7, 11) is 0. The lowest BCUT2D eigenvalue weighted by Gasteiger charge is -2.16. The Kier molecular flexibility index (Phi) is 4.91. The van der Waals surface area contributed by atoms with Crippen LogP contribution in [0.15, 0.2) is 42.6 Å². The summed E-state index contributed by atoms with van der Waals surface area (Å²) in [5.74, 6) is -0.403. The molecule has 1 aromatic heterocycles. The monoisotopic (exact) mass is 354 g/mol. The summed E-state index contributed by atoms with van der Waals surface area (Å²) >= 11 is 6.08. The molecule has 5 heteroatoms. The van der Waals surface area contributed by atoms with Gasteiger partial charge in [0.25, 0.3) is 0 Å². The maximum Gasteiger partial charge on any atom is 0.341 e. The highest BCUT2D eigenvalue weighted by molar-refractivity contribution is 6.31. The van der Waals surface area contributed by atoms with Gasteiger partial charge in [-0.2, -0.15) is 0 Å². The molecule has 4 nitrogen and oxygen atoms in total. The number of nitrogens with one attached hydrogen (secondary N) is 1. The van der Waals surface area contributed by atoms with Crippen molar-refractivity contribution in [3.8, 4) is 0 Å². The highest BCUT2D eigenvalue weighted by atomic mass is 35.5. The zero-order valence-electron chi connectivity index (χ0n) is 14.4. The van der Waals surface area contributed by atoms with Crippen molar-refractivity contribution in [3.63, 3.8) is 0 Å². The molecule has 0 unspecified atom stereocenters. The number of fused-ring (bicyclic) bond motifs is 1. The lowest BCUT2D eigenvalue weighted by Crippen LogP contribution is -2.09. The Labute approximate surface area is 151 Å². The van der Waals surface area contributed by atoms with Crippen LogP contribution in [0, 0.1) is 13.8 Å². The maximum absolute atomic E-state index is 12.4. The molecular formula is C20H19ClN2O2. The fourth-order valence-corrected chi connectivity index (χ4v) is 2.85. The second-order valence-electron chi connectivity index (χ2n) is 5.80. The number of pyridine rings is 1. The third-order valence-electron chi connectivity index (χ3n) is 4.19. The average Bonchev–Trinajstić information content (AvgIpc) is 2.59. The normalized spacial score (nSPS) is 10.7. The smallest absolute Gasteiger partial charge is 0.341 e. The van der Waals surface area contributed by atoms with Gasteiger partial charge in [0, 0.05) is 22.3 Å². The first-order chi connectivity index (χ1) is 12.0. The molecule has 0 aliphatic rings. The largest absolute Gasteiger partial charge is 0.462 e. The van der Waals surface area contributed by atoms with Crippen molar-refractivity contribution < 1.29 is 9.53 Å². The molecule has 1 heterocycles. The molecule has 0 bridgehead atoms. The van der Waals surface area contributed by atoms with Crippen molar-refractivity contribution in [2.75, 3.05) is 11.9 Å². The predicted molar refractivity (Wildman–Crippen MR) is 102 cm³/mol. The molecular weight excluding hydrogens is 336 g/mol. The number of aromatic nitrogens is 1. The Morgan fingerprint density at radius 2 is 2.04 bits per heavy atom. The average molecular weight is 355 g/mol. The SMILES string of the molecule is CCOC(=O)c1cnc2cc(Cl)ccc2c1Nc1cccc(C)c1C. The van der Waals surface area contributed by atoms with Gasteiger partial charge in [-0.05, 0) is 56.2 Å². The van der Waals surface area contributed by atoms with E-state index in [1.54, 1.807) is 19.1 Å². The third kappa shape index (κ3) is 3.44. The Morgan fingerprint density at radius 3 is 2.80 bits per heavy atom. The quantitative estimate of drug-likeness (QED) is 0.635. The van der Waals surface area contributed by atoms with Crippen LogP contribution in [0.4, 0.5) is 11.4 Å². The number of anilines is 2. The molecule has 0 fully saturated rings. The molecule has 0 radical (unpaired) electrons. The number of benzene rings is 2. The predicted octanol–water partition coefficient (Wildman–Crippen LogP) is 5.43. The molecule has 0 saturated heterocycles. The molecule has 0 atom stereocenters. The molecule has 128 valence electrons. The summed E-state index contributed by atoms with van der Waals surface area (Å²) in [5.41, 5.74) is 5.02. The second-order valence-corrected chi connectivity index (χ2v) is 6.24. The first kappa shape index (κ1) is 17.2. The molecule has 25 heavy (non-hydrogen) atoms. The number of carbonyl (C=O) groups excluding carboxylic acids is 1. The van der Waals surface area contributed by atoms with Gasteiger partial charge in [-0.15, -0.1) is 0 Å². The minimum absolute atomic E-state index is 0.306. The molecule has 0 amide bonds. The zero-order chi connectivity index (χ0) is 18.0. The minimum atomic E-state index is -0.403. The maximum atomic E-state index is 12.4. The molecule has 0 aliphatic carbocycles. The Morgan fingerprint density at radius 1 is 1.24 bits per heavy atom. The van der Waals surface area contributed by atoms with Gasteiger partial charge >= 0.3 is 5.97 Å². The molecule has 0 spiro atoms. The van der Waals surface area contributed by atoms with Crippen LogP contribution >= 0.6 is 11.6 Å². The van der Waals surface area contributed by atoms with Crippen molar-refractivity contribution in [2.24, 2.45) is 0 Å². The Hall–Kier alpha value is -2.59. The van der Waals surface area contributed by atoms with Gasteiger partial charge in [-0.3, -0.25) is 4.98 Å². The molecule has 2 aromatic carbocycles. The summed E-state index contributed by atoms with van der Waals surface area (Å²) in [6.45, 7) is 6.18. The number of hydrogen-bond acceptors (Lipinski definition) is 4. The number of hydrogen-bond donors (Lipinski definition) is 1. The lowest BCUT2D eigenvalue weighted by molar-refractivity contribution is 0.0527. The van der Waals surface area contributed by atoms with Crippen LogP contribution in [0.1, 0.15) is 28.4 Å². The van der Waals surface area contributed by atoms with Crippen LogP contribution in [0.2, 0.25) is 5.02 Å². The van der Waals surface area contributed by atoms with E-state index in [9.17, 15) is 4.79 Å². The van der Waals surface area contributed by atoms with Crippen LogP contribution in [0.3, 0.4) is 0 Å². The number of halogens is 1. The van der Waals surface area contributed by atoms with Gasteiger partial charge in [0.15, 0.2) is 0 Å². The van der Waals surface area contributed by atoms with Crippen molar-refractivity contribution in [2.45, 2.75) is 20.8 Å². The molecule has 3 aromatic rings. The number of rotatable bonds is 4. The van der Waals surface area contributed by atoms with Crippen molar-refractivity contribution >= 4 is 39.8 Å². The van der Waals surface area contributed by atoms with E-state index in [0.29, 0.717) is 28.4 Å². The van der Waals surface area contributed by atoms with Crippen molar-refractivity contribution in [3.05, 3.63) is 64.3 Å². The second kappa shape index (κ2) is 7.11. The van der Waals surface area contributed by atoms with Crippen LogP contribution in [0.5, 0.6) is 0 Å². The standard InChI is InChI=1S/C20H19ClN2O2/c1-4-25-20(24)16-11-22-18-10-14(21)8-9-15(18)19(16)23-17-7-5-6-12(2)13(17)3/h5-11H,4H2,1-3H3,(H,22,23). The molecule has 3 rings (SSSR count). The van der Waals surface area contributed by atoms with E-state index >= 15 is 0 Å². The summed E-state index contributed by atoms with van der Waals surface area (Å²) in [6, 6.07) is 11.4. The van der Waals surface area contributed by atoms with E-state index in [1.165, 1.54) is 11.8 Å². The topological polar surface area (TPSA) is 51.2 Å². The summed E-state index contributed by atoms with van der Waals surface area (Å²) in [4.78, 5) is 16.8. The van der Waals surface area contributed by atoms with Crippen LogP contribution in [-0.2, 0) is 4.74 Å². The van der Waals surface area contributed by atoms with Gasteiger partial charge in [0.05, 0.1) is 17.8 Å². The van der Waals surface area contributed by atoms with E-state index in [0.717, 1.165) is 16.6 Å². The van der Waals surface area contributed by atoms with Crippen LogP contribution < -0.4 is 5.32 Å². The fraction of sp³-hybridized carbons (Fsp3) is 0.200. The van der Waals surface area contributed by atoms with E-state index < -0.39 is 5.97 Å². The number of esters is 1. The number of aryl methyl sites for hydroxylation is 1. The molecule has 1 N–H and O–H groups in total. The first-order valence-corrected chi connectivity index (χ1v) is 8.47. The third-order valence-corrected chi connectivity index (χ3v) is 4.43. The number of carbonyl (C=O) groups is 1. The Balaban J connectivity index is 2.20. The van der Waals surface area contributed by atoms with Gasteiger partial charge in [0.2, 0.25) is 0 Å². The summed E-state index contributed by atoms with van der Waals surface area (Å²) in [6.07, 6.45) is 1.53.